The minimum Gasteiger partial charge on any atom is -0.481 e. The number of aromatic nitrogens is 1. The summed E-state index contributed by atoms with van der Waals surface area (Å²) in [7, 11) is 0. The van der Waals surface area contributed by atoms with Crippen LogP contribution in [0.4, 0.5) is 5.13 Å². The van der Waals surface area contributed by atoms with E-state index in [4.69, 9.17) is 5.11 Å². The number of hydrogen-bond donors (Lipinski definition) is 2. The molecule has 78 valence electrons. The molecule has 5 heteroatoms. The van der Waals surface area contributed by atoms with Gasteiger partial charge >= 0.3 is 5.97 Å². The molecule has 0 atom stereocenters. The molecule has 0 radical (unpaired) electrons. The van der Waals surface area contributed by atoms with Gasteiger partial charge < -0.3 is 10.4 Å². The first-order chi connectivity index (χ1) is 6.63. The third-order valence-corrected chi connectivity index (χ3v) is 2.71. The van der Waals surface area contributed by atoms with Crippen LogP contribution in [0.25, 0.3) is 0 Å². The van der Waals surface area contributed by atoms with Gasteiger partial charge in [-0.3, -0.25) is 4.79 Å². The molecule has 0 aliphatic heterocycles. The quantitative estimate of drug-likeness (QED) is 0.785. The third kappa shape index (κ3) is 2.99. The Morgan fingerprint density at radius 2 is 2.36 bits per heavy atom. The van der Waals surface area contributed by atoms with Crippen molar-refractivity contribution < 1.29 is 9.90 Å². The predicted molar refractivity (Wildman–Crippen MR) is 57.0 cm³/mol. The van der Waals surface area contributed by atoms with Gasteiger partial charge in [0.25, 0.3) is 0 Å². The zero-order valence-corrected chi connectivity index (χ0v) is 9.15. The number of nitrogens with one attached hydrogen (secondary N) is 1. The summed E-state index contributed by atoms with van der Waals surface area (Å²) in [5.74, 6) is -0.833. The van der Waals surface area contributed by atoms with Crippen LogP contribution in [0.3, 0.4) is 0 Å². The lowest BCUT2D eigenvalue weighted by Gasteiger charge is -1.96. The highest BCUT2D eigenvalue weighted by molar-refractivity contribution is 7.15. The van der Waals surface area contributed by atoms with Gasteiger partial charge in [0.1, 0.15) is 0 Å². The molecule has 0 unspecified atom stereocenters. The number of nitrogens with zero attached hydrogens (tertiary/aromatic N) is 1. The summed E-state index contributed by atoms with van der Waals surface area (Å²) >= 11 is 1.51. The molecule has 0 aliphatic carbocycles. The van der Waals surface area contributed by atoms with Crippen LogP contribution in [0.1, 0.15) is 23.9 Å². The summed E-state index contributed by atoms with van der Waals surface area (Å²) in [6.07, 6.45) is 1.04. The Hall–Kier alpha value is -1.10. The molecule has 0 aliphatic rings. The molecule has 1 aromatic rings. The highest BCUT2D eigenvalue weighted by Crippen LogP contribution is 2.22. The summed E-state index contributed by atoms with van der Waals surface area (Å²) in [5, 5.41) is 12.6. The standard InChI is InChI=1S/C9H14N2O2S/c1-3-4-10-9-11-7(5-8(12)13)6(2)14-9/h3-5H2,1-2H3,(H,10,11)(H,12,13). The normalized spacial score (nSPS) is 10.1. The predicted octanol–water partition coefficient (Wildman–Crippen LogP) is 1.90. The van der Waals surface area contributed by atoms with E-state index in [1.54, 1.807) is 0 Å². The van der Waals surface area contributed by atoms with E-state index < -0.39 is 5.97 Å². The lowest BCUT2D eigenvalue weighted by molar-refractivity contribution is -0.136. The van der Waals surface area contributed by atoms with Gasteiger partial charge in [0.2, 0.25) is 0 Å². The number of hydrogen-bond acceptors (Lipinski definition) is 4. The van der Waals surface area contributed by atoms with Crippen LogP contribution in [0.2, 0.25) is 0 Å². The van der Waals surface area contributed by atoms with Crippen LogP contribution in [0, 0.1) is 6.92 Å². The van der Waals surface area contributed by atoms with Gasteiger partial charge in [-0.25, -0.2) is 4.98 Å². The Morgan fingerprint density at radius 3 is 2.93 bits per heavy atom. The topological polar surface area (TPSA) is 62.2 Å². The highest BCUT2D eigenvalue weighted by Gasteiger charge is 2.10. The van der Waals surface area contributed by atoms with E-state index in [-0.39, 0.29) is 6.42 Å². The maximum atomic E-state index is 10.5. The van der Waals surface area contributed by atoms with Gasteiger partial charge in [-0.2, -0.15) is 0 Å². The molecular weight excluding hydrogens is 200 g/mol. The van der Waals surface area contributed by atoms with Gasteiger partial charge in [0.05, 0.1) is 12.1 Å². The SMILES string of the molecule is CCCNc1nc(CC(=O)O)c(C)s1. The molecule has 0 bridgehead atoms. The fourth-order valence-electron chi connectivity index (χ4n) is 1.04. The molecular formula is C9H14N2O2S. The average molecular weight is 214 g/mol. The Morgan fingerprint density at radius 1 is 1.64 bits per heavy atom. The smallest absolute Gasteiger partial charge is 0.309 e. The molecule has 0 aromatic carbocycles. The number of anilines is 1. The molecule has 0 saturated heterocycles. The average Bonchev–Trinajstić information content (AvgIpc) is 2.43. The molecule has 0 spiro atoms. The number of carboxylic acids is 1. The van der Waals surface area contributed by atoms with Gasteiger partial charge in [-0.1, -0.05) is 6.92 Å². The van der Waals surface area contributed by atoms with Crippen molar-refractivity contribution in [2.45, 2.75) is 26.7 Å². The van der Waals surface area contributed by atoms with E-state index in [2.05, 4.69) is 17.2 Å². The number of thiazole rings is 1. The minimum absolute atomic E-state index is 0.0101. The fourth-order valence-corrected chi connectivity index (χ4v) is 1.90. The second-order valence-corrected chi connectivity index (χ2v) is 4.22. The lowest BCUT2D eigenvalue weighted by Crippen LogP contribution is -2.03. The lowest BCUT2D eigenvalue weighted by atomic mass is 10.3. The first kappa shape index (κ1) is 11.0. The van der Waals surface area contributed by atoms with E-state index in [0.717, 1.165) is 23.0 Å². The number of carbonyl (C=O) groups is 1. The maximum absolute atomic E-state index is 10.5. The largest absolute Gasteiger partial charge is 0.481 e. The van der Waals surface area contributed by atoms with Crippen molar-refractivity contribution in [2.24, 2.45) is 0 Å². The van der Waals surface area contributed by atoms with Crippen molar-refractivity contribution in [1.29, 1.82) is 0 Å². The summed E-state index contributed by atoms with van der Waals surface area (Å²) in [6.45, 7) is 4.85. The molecule has 1 aromatic heterocycles. The highest BCUT2D eigenvalue weighted by atomic mass is 32.1. The van der Waals surface area contributed by atoms with Crippen molar-refractivity contribution in [1.82, 2.24) is 4.98 Å². The van der Waals surface area contributed by atoms with Crippen LogP contribution in [0.5, 0.6) is 0 Å². The monoisotopic (exact) mass is 214 g/mol. The molecule has 0 saturated carbocycles. The Kier molecular flexibility index (Phi) is 3.88. The van der Waals surface area contributed by atoms with Crippen LogP contribution in [-0.4, -0.2) is 22.6 Å². The van der Waals surface area contributed by atoms with E-state index in [1.165, 1.54) is 11.3 Å². The van der Waals surface area contributed by atoms with E-state index in [1.807, 2.05) is 6.92 Å². The number of aryl methyl sites for hydroxylation is 1. The molecule has 0 amide bonds. The molecule has 1 heterocycles. The number of rotatable bonds is 5. The first-order valence-corrected chi connectivity index (χ1v) is 5.37. The Balaban J connectivity index is 2.66. The first-order valence-electron chi connectivity index (χ1n) is 4.55. The van der Waals surface area contributed by atoms with Gasteiger partial charge in [-0.15, -0.1) is 11.3 Å². The Labute approximate surface area is 87.0 Å². The summed E-state index contributed by atoms with van der Waals surface area (Å²) in [4.78, 5) is 15.7. The Bertz CT molecular complexity index is 323. The van der Waals surface area contributed by atoms with Crippen LogP contribution in [-0.2, 0) is 11.2 Å². The zero-order chi connectivity index (χ0) is 10.6. The van der Waals surface area contributed by atoms with E-state index >= 15 is 0 Å². The molecule has 4 nitrogen and oxygen atoms in total. The van der Waals surface area contributed by atoms with Crippen molar-refractivity contribution in [3.63, 3.8) is 0 Å². The van der Waals surface area contributed by atoms with Crippen LogP contribution < -0.4 is 5.32 Å². The molecule has 1 rings (SSSR count). The van der Waals surface area contributed by atoms with Gasteiger partial charge in [-0.05, 0) is 13.3 Å². The van der Waals surface area contributed by atoms with Crippen molar-refractivity contribution in [2.75, 3.05) is 11.9 Å². The van der Waals surface area contributed by atoms with E-state index in [0.29, 0.717) is 5.69 Å². The summed E-state index contributed by atoms with van der Waals surface area (Å²) in [5.41, 5.74) is 0.668. The van der Waals surface area contributed by atoms with Gasteiger partial charge in [0, 0.05) is 11.4 Å². The number of aliphatic carboxylic acids is 1. The number of carboxylic acid groups (broad SMARTS) is 1. The van der Waals surface area contributed by atoms with Crippen molar-refractivity contribution in [3.05, 3.63) is 10.6 Å². The molecule has 0 fully saturated rings. The second-order valence-electron chi connectivity index (χ2n) is 3.02. The molecule has 2 N–H and O–H groups in total. The zero-order valence-electron chi connectivity index (χ0n) is 8.33. The second kappa shape index (κ2) is 4.95. The maximum Gasteiger partial charge on any atom is 0.309 e. The van der Waals surface area contributed by atoms with E-state index in [9.17, 15) is 4.79 Å². The van der Waals surface area contributed by atoms with Crippen molar-refractivity contribution >= 4 is 22.4 Å². The van der Waals surface area contributed by atoms with Gasteiger partial charge in [0.15, 0.2) is 5.13 Å². The van der Waals surface area contributed by atoms with Crippen LogP contribution >= 0.6 is 11.3 Å². The van der Waals surface area contributed by atoms with Crippen LogP contribution in [0.15, 0.2) is 0 Å². The molecule has 14 heavy (non-hydrogen) atoms. The third-order valence-electron chi connectivity index (χ3n) is 1.74. The summed E-state index contributed by atoms with van der Waals surface area (Å²) < 4.78 is 0. The fraction of sp³-hybridized carbons (Fsp3) is 0.556. The summed E-state index contributed by atoms with van der Waals surface area (Å²) in [6, 6.07) is 0. The van der Waals surface area contributed by atoms with Crippen molar-refractivity contribution in [3.8, 4) is 0 Å². The minimum atomic E-state index is -0.833.